The highest BCUT2D eigenvalue weighted by Crippen LogP contribution is 2.04. The predicted molar refractivity (Wildman–Crippen MR) is 41.0 cm³/mol. The molecule has 0 atom stereocenters. The van der Waals surface area contributed by atoms with Crippen molar-refractivity contribution in [3.8, 4) is 0 Å². The summed E-state index contributed by atoms with van der Waals surface area (Å²) in [5.41, 5.74) is 1.78. The van der Waals surface area contributed by atoms with Crippen LogP contribution in [0.1, 0.15) is 11.1 Å². The van der Waals surface area contributed by atoms with Gasteiger partial charge in [0, 0.05) is 0 Å². The fourth-order valence-electron chi connectivity index (χ4n) is 0.983. The maximum atomic E-state index is 11.9. The van der Waals surface area contributed by atoms with Crippen molar-refractivity contribution in [3.63, 3.8) is 0 Å². The van der Waals surface area contributed by atoms with Crippen LogP contribution in [0.25, 0.3) is 0 Å². The number of benzene rings is 1. The van der Waals surface area contributed by atoms with E-state index >= 15 is 0 Å². The van der Waals surface area contributed by atoms with Crippen LogP contribution in [-0.2, 0) is 11.2 Å². The van der Waals surface area contributed by atoms with Crippen LogP contribution in [0.5, 0.6) is 0 Å². The zero-order chi connectivity index (χ0) is 8.27. The lowest BCUT2D eigenvalue weighted by molar-refractivity contribution is -0.128. The Labute approximate surface area is 64.9 Å². The molecule has 1 aromatic carbocycles. The maximum Gasteiger partial charge on any atom is 0.305 e. The predicted octanol–water partition coefficient (Wildman–Crippen LogP) is 2.03. The van der Waals surface area contributed by atoms with Crippen LogP contribution >= 0.6 is 0 Å². The minimum atomic E-state index is -1.28. The minimum Gasteiger partial charge on any atom is -0.261 e. The van der Waals surface area contributed by atoms with Crippen molar-refractivity contribution in [3.05, 3.63) is 35.4 Å². The average molecular weight is 152 g/mol. The molecule has 1 nitrogen and oxygen atoms in total. The van der Waals surface area contributed by atoms with E-state index in [9.17, 15) is 9.18 Å². The molecule has 0 N–H and O–H groups in total. The molecule has 0 saturated heterocycles. The second kappa shape index (κ2) is 3.28. The minimum absolute atomic E-state index is 0.109. The Bertz CT molecular complexity index is 268. The summed E-state index contributed by atoms with van der Waals surface area (Å²) in [6, 6.07) is 5.98. The summed E-state index contributed by atoms with van der Waals surface area (Å²) in [5.74, 6) is 0. The molecule has 1 rings (SSSR count). The summed E-state index contributed by atoms with van der Waals surface area (Å²) in [5, 5.41) is 0. The molecule has 58 valence electrons. The average Bonchev–Trinajstić information content (AvgIpc) is 1.85. The van der Waals surface area contributed by atoms with Crippen molar-refractivity contribution in [2.24, 2.45) is 0 Å². The third kappa shape index (κ3) is 2.50. The standard InChI is InChI=1S/C9H9FO/c1-7-3-2-4-8(5-7)6-9(10)11/h2-5H,6H2,1H3. The van der Waals surface area contributed by atoms with Gasteiger partial charge >= 0.3 is 6.04 Å². The van der Waals surface area contributed by atoms with Gasteiger partial charge in [-0.2, -0.15) is 4.39 Å². The molecule has 0 aliphatic rings. The Morgan fingerprint density at radius 3 is 2.82 bits per heavy atom. The first-order chi connectivity index (χ1) is 5.18. The van der Waals surface area contributed by atoms with E-state index in [1.165, 1.54) is 0 Å². The smallest absolute Gasteiger partial charge is 0.261 e. The fraction of sp³-hybridized carbons (Fsp3) is 0.222. The van der Waals surface area contributed by atoms with Crippen molar-refractivity contribution in [2.75, 3.05) is 0 Å². The van der Waals surface area contributed by atoms with Gasteiger partial charge in [-0.25, -0.2) is 0 Å². The molecular formula is C9H9FO. The van der Waals surface area contributed by atoms with Crippen molar-refractivity contribution in [1.82, 2.24) is 0 Å². The third-order valence-corrected chi connectivity index (χ3v) is 1.43. The zero-order valence-electron chi connectivity index (χ0n) is 6.30. The van der Waals surface area contributed by atoms with Gasteiger partial charge in [-0.3, -0.25) is 4.79 Å². The van der Waals surface area contributed by atoms with E-state index in [1.54, 1.807) is 12.1 Å². The normalized spacial score (nSPS) is 9.64. The molecule has 0 aromatic heterocycles. The largest absolute Gasteiger partial charge is 0.305 e. The maximum absolute atomic E-state index is 11.9. The highest BCUT2D eigenvalue weighted by molar-refractivity contribution is 5.71. The summed E-state index contributed by atoms with van der Waals surface area (Å²) in [7, 11) is 0. The van der Waals surface area contributed by atoms with Crippen molar-refractivity contribution in [2.45, 2.75) is 13.3 Å². The summed E-state index contributed by atoms with van der Waals surface area (Å²) in [6.45, 7) is 1.91. The van der Waals surface area contributed by atoms with Gasteiger partial charge in [0.05, 0.1) is 6.42 Å². The SMILES string of the molecule is Cc1cccc(CC(=O)F)c1. The molecule has 0 amide bonds. The quantitative estimate of drug-likeness (QED) is 0.592. The van der Waals surface area contributed by atoms with Gasteiger partial charge in [-0.1, -0.05) is 29.8 Å². The van der Waals surface area contributed by atoms with E-state index in [-0.39, 0.29) is 6.42 Å². The molecule has 11 heavy (non-hydrogen) atoms. The molecular weight excluding hydrogens is 143 g/mol. The van der Waals surface area contributed by atoms with E-state index < -0.39 is 6.04 Å². The number of halogens is 1. The number of carbonyl (C=O) groups is 1. The summed E-state index contributed by atoms with van der Waals surface area (Å²) in [4.78, 5) is 10.1. The molecule has 0 saturated carbocycles. The van der Waals surface area contributed by atoms with Gasteiger partial charge in [-0.15, -0.1) is 0 Å². The fourth-order valence-corrected chi connectivity index (χ4v) is 0.983. The van der Waals surface area contributed by atoms with E-state index in [1.807, 2.05) is 19.1 Å². The molecule has 0 radical (unpaired) electrons. The van der Waals surface area contributed by atoms with Gasteiger partial charge in [0.15, 0.2) is 0 Å². The van der Waals surface area contributed by atoms with E-state index in [4.69, 9.17) is 0 Å². The van der Waals surface area contributed by atoms with Gasteiger partial charge < -0.3 is 0 Å². The molecule has 1 aromatic rings. The van der Waals surface area contributed by atoms with E-state index in [0.717, 1.165) is 11.1 Å². The molecule has 0 aliphatic heterocycles. The van der Waals surface area contributed by atoms with Crippen molar-refractivity contribution in [1.29, 1.82) is 0 Å². The van der Waals surface area contributed by atoms with Crippen LogP contribution < -0.4 is 0 Å². The third-order valence-electron chi connectivity index (χ3n) is 1.43. The topological polar surface area (TPSA) is 17.1 Å². The molecule has 0 fully saturated rings. The first-order valence-corrected chi connectivity index (χ1v) is 3.42. The lowest BCUT2D eigenvalue weighted by atomic mass is 10.1. The number of aryl methyl sites for hydroxylation is 1. The number of hydrogen-bond acceptors (Lipinski definition) is 1. The van der Waals surface area contributed by atoms with Gasteiger partial charge in [-0.05, 0) is 12.5 Å². The van der Waals surface area contributed by atoms with Gasteiger partial charge in [0.25, 0.3) is 0 Å². The Balaban J connectivity index is 2.79. The highest BCUT2D eigenvalue weighted by Gasteiger charge is 1.99. The highest BCUT2D eigenvalue weighted by atomic mass is 19.1. The van der Waals surface area contributed by atoms with Crippen LogP contribution in [0.4, 0.5) is 4.39 Å². The Morgan fingerprint density at radius 1 is 1.55 bits per heavy atom. The molecule has 0 heterocycles. The van der Waals surface area contributed by atoms with Gasteiger partial charge in [0.1, 0.15) is 0 Å². The van der Waals surface area contributed by atoms with Crippen LogP contribution in [0.2, 0.25) is 0 Å². The monoisotopic (exact) mass is 152 g/mol. The first-order valence-electron chi connectivity index (χ1n) is 3.42. The second-order valence-corrected chi connectivity index (χ2v) is 2.52. The van der Waals surface area contributed by atoms with Crippen LogP contribution in [0.3, 0.4) is 0 Å². The summed E-state index contributed by atoms with van der Waals surface area (Å²) >= 11 is 0. The summed E-state index contributed by atoms with van der Waals surface area (Å²) < 4.78 is 11.9. The first kappa shape index (κ1) is 7.92. The van der Waals surface area contributed by atoms with Crippen LogP contribution in [0, 0.1) is 6.92 Å². The lowest BCUT2D eigenvalue weighted by Gasteiger charge is -1.96. The van der Waals surface area contributed by atoms with Crippen molar-refractivity contribution >= 4 is 6.04 Å². The Hall–Kier alpha value is -1.18. The number of hydrogen-bond donors (Lipinski definition) is 0. The molecule has 2 heteroatoms. The number of carbonyl (C=O) groups excluding carboxylic acids is 1. The van der Waals surface area contributed by atoms with Crippen LogP contribution in [-0.4, -0.2) is 6.04 Å². The molecule has 0 aliphatic carbocycles. The lowest BCUT2D eigenvalue weighted by Crippen LogP contribution is -1.94. The summed E-state index contributed by atoms with van der Waals surface area (Å²) in [6.07, 6.45) is -0.109. The molecule has 0 spiro atoms. The number of rotatable bonds is 2. The molecule has 0 bridgehead atoms. The molecule has 0 unspecified atom stereocenters. The van der Waals surface area contributed by atoms with Crippen LogP contribution in [0.15, 0.2) is 24.3 Å². The van der Waals surface area contributed by atoms with E-state index in [0.29, 0.717) is 0 Å². The zero-order valence-corrected chi connectivity index (χ0v) is 6.30. The van der Waals surface area contributed by atoms with Crippen molar-refractivity contribution < 1.29 is 9.18 Å². The Kier molecular flexibility index (Phi) is 2.36. The van der Waals surface area contributed by atoms with Gasteiger partial charge in [0.2, 0.25) is 0 Å². The van der Waals surface area contributed by atoms with E-state index in [2.05, 4.69) is 0 Å². The Morgan fingerprint density at radius 2 is 2.27 bits per heavy atom. The second-order valence-electron chi connectivity index (χ2n) is 2.52.